The molecule has 0 N–H and O–H groups in total. The minimum atomic E-state index is -0.881. The van der Waals surface area contributed by atoms with Gasteiger partial charge in [0.15, 0.2) is 11.7 Å². The van der Waals surface area contributed by atoms with Gasteiger partial charge < -0.3 is 0 Å². The predicted molar refractivity (Wildman–Crippen MR) is 85.6 cm³/mol. The van der Waals surface area contributed by atoms with Gasteiger partial charge in [0.1, 0.15) is 5.01 Å². The van der Waals surface area contributed by atoms with Crippen LogP contribution in [0.4, 0.5) is 0 Å². The number of nitrogens with zero attached hydrogens (tertiary/aromatic N) is 2. The van der Waals surface area contributed by atoms with Crippen molar-refractivity contribution < 1.29 is 4.79 Å². The van der Waals surface area contributed by atoms with Crippen molar-refractivity contribution in [3.8, 4) is 17.3 Å². The number of Topliss-reactive ketones (excluding diaryl/α,β-unsaturated/α-hetero) is 1. The van der Waals surface area contributed by atoms with Crippen LogP contribution in [0.2, 0.25) is 0 Å². The lowest BCUT2D eigenvalue weighted by Gasteiger charge is -2.08. The number of carbonyl (C=O) groups excluding carboxylic acids is 1. The van der Waals surface area contributed by atoms with E-state index in [1.807, 2.05) is 50.2 Å². The van der Waals surface area contributed by atoms with E-state index in [-0.39, 0.29) is 5.78 Å². The van der Waals surface area contributed by atoms with Gasteiger partial charge in [-0.15, -0.1) is 22.9 Å². The Morgan fingerprint density at radius 1 is 1.43 bits per heavy atom. The first kappa shape index (κ1) is 15.7. The first-order chi connectivity index (χ1) is 10.1. The number of carbonyl (C=O) groups is 1. The normalized spacial score (nSPS) is 13.4. The second kappa shape index (κ2) is 6.84. The van der Waals surface area contributed by atoms with Crippen molar-refractivity contribution in [2.75, 3.05) is 0 Å². The molecule has 3 nitrogen and oxygen atoms in total. The average Bonchev–Trinajstić information content (AvgIpc) is 2.89. The van der Waals surface area contributed by atoms with Crippen molar-refractivity contribution in [3.63, 3.8) is 0 Å². The zero-order valence-corrected chi connectivity index (χ0v) is 13.4. The zero-order valence-electron chi connectivity index (χ0n) is 11.8. The highest BCUT2D eigenvalue weighted by Crippen LogP contribution is 2.32. The van der Waals surface area contributed by atoms with E-state index in [9.17, 15) is 10.1 Å². The van der Waals surface area contributed by atoms with Crippen molar-refractivity contribution in [2.24, 2.45) is 0 Å². The average molecular weight is 319 g/mol. The molecular formula is C16H15ClN2OS. The fraction of sp³-hybridized carbons (Fsp3) is 0.312. The zero-order chi connectivity index (χ0) is 15.4. The van der Waals surface area contributed by atoms with E-state index in [1.54, 1.807) is 0 Å². The van der Waals surface area contributed by atoms with Crippen LogP contribution >= 0.6 is 22.9 Å². The minimum absolute atomic E-state index is 0.268. The number of hydrogen-bond donors (Lipinski definition) is 0. The van der Waals surface area contributed by atoms with Crippen LogP contribution in [-0.2, 0) is 4.79 Å². The molecule has 2 rings (SSSR count). The Morgan fingerprint density at radius 2 is 2.10 bits per heavy atom. The Morgan fingerprint density at radius 3 is 2.67 bits per heavy atom. The second-order valence-electron chi connectivity index (χ2n) is 4.66. The third kappa shape index (κ3) is 3.31. The van der Waals surface area contributed by atoms with E-state index in [1.165, 1.54) is 11.3 Å². The number of benzene rings is 1. The Hall–Kier alpha value is -1.70. The molecule has 0 radical (unpaired) electrons. The Bertz CT molecular complexity index is 675. The van der Waals surface area contributed by atoms with Gasteiger partial charge in [0.05, 0.1) is 17.1 Å². The summed E-state index contributed by atoms with van der Waals surface area (Å²) in [5, 5.41) is 9.19. The maximum Gasteiger partial charge on any atom is 0.174 e. The number of thiazole rings is 1. The number of rotatable bonds is 5. The summed E-state index contributed by atoms with van der Waals surface area (Å²) < 4.78 is 0. The first-order valence-corrected chi connectivity index (χ1v) is 7.94. The molecule has 0 aliphatic carbocycles. The van der Waals surface area contributed by atoms with E-state index < -0.39 is 11.3 Å². The molecule has 0 fully saturated rings. The van der Waals surface area contributed by atoms with Crippen molar-refractivity contribution in [1.82, 2.24) is 4.98 Å². The van der Waals surface area contributed by atoms with Crippen LogP contribution in [-0.4, -0.2) is 16.1 Å². The van der Waals surface area contributed by atoms with E-state index >= 15 is 0 Å². The van der Waals surface area contributed by atoms with Crippen molar-refractivity contribution in [3.05, 3.63) is 40.2 Å². The van der Waals surface area contributed by atoms with Crippen LogP contribution in [0.25, 0.3) is 11.3 Å². The summed E-state index contributed by atoms with van der Waals surface area (Å²) in [6.45, 7) is 3.77. The van der Waals surface area contributed by atoms with E-state index in [0.29, 0.717) is 11.4 Å². The molecule has 2 atom stereocenters. The fourth-order valence-corrected chi connectivity index (χ4v) is 3.15. The van der Waals surface area contributed by atoms with Gasteiger partial charge in [-0.3, -0.25) is 4.79 Å². The van der Waals surface area contributed by atoms with Crippen molar-refractivity contribution >= 4 is 28.7 Å². The molecule has 0 aliphatic rings. The lowest BCUT2D eigenvalue weighted by atomic mass is 10.0. The standard InChI is InChI=1S/C16H15ClN2OS/c1-3-13(17)15(20)12(9-18)16-19-14(10(2)21-16)11-7-5-4-6-8-11/h4-8,12-13H,3H2,1-2H3. The molecule has 0 spiro atoms. The van der Waals surface area contributed by atoms with Gasteiger partial charge in [-0.2, -0.15) is 5.26 Å². The molecule has 2 aromatic rings. The summed E-state index contributed by atoms with van der Waals surface area (Å²) in [6, 6.07) is 11.8. The minimum Gasteiger partial charge on any atom is -0.296 e. The van der Waals surface area contributed by atoms with Crippen LogP contribution in [0.5, 0.6) is 0 Å². The maximum atomic E-state index is 12.2. The molecule has 0 amide bonds. The number of alkyl halides is 1. The molecular weight excluding hydrogens is 304 g/mol. The summed E-state index contributed by atoms with van der Waals surface area (Å²) in [5.41, 5.74) is 1.81. The molecule has 1 aromatic heterocycles. The summed E-state index contributed by atoms with van der Waals surface area (Å²) in [4.78, 5) is 17.7. The monoisotopic (exact) mass is 318 g/mol. The number of halogens is 1. The highest BCUT2D eigenvalue weighted by atomic mass is 35.5. The van der Waals surface area contributed by atoms with Gasteiger partial charge in [-0.25, -0.2) is 4.98 Å². The molecule has 0 aliphatic heterocycles. The van der Waals surface area contributed by atoms with E-state index in [4.69, 9.17) is 11.6 Å². The summed E-state index contributed by atoms with van der Waals surface area (Å²) in [6.07, 6.45) is 0.508. The topological polar surface area (TPSA) is 53.8 Å². The maximum absolute atomic E-state index is 12.2. The molecule has 108 valence electrons. The molecule has 0 saturated carbocycles. The third-order valence-corrected chi connectivity index (χ3v) is 4.75. The number of nitriles is 1. The number of aromatic nitrogens is 1. The lowest BCUT2D eigenvalue weighted by molar-refractivity contribution is -0.119. The fourth-order valence-electron chi connectivity index (χ4n) is 2.03. The highest BCUT2D eigenvalue weighted by Gasteiger charge is 2.29. The molecule has 1 aromatic carbocycles. The number of ketones is 1. The molecule has 5 heteroatoms. The van der Waals surface area contributed by atoms with Crippen molar-refractivity contribution in [2.45, 2.75) is 31.6 Å². The van der Waals surface area contributed by atoms with Crippen LogP contribution < -0.4 is 0 Å². The van der Waals surface area contributed by atoms with Gasteiger partial charge in [-0.1, -0.05) is 37.3 Å². The van der Waals surface area contributed by atoms with Crippen LogP contribution in [0.15, 0.2) is 30.3 Å². The van der Waals surface area contributed by atoms with Crippen LogP contribution in [0, 0.1) is 18.3 Å². The predicted octanol–water partition coefficient (Wildman–Crippen LogP) is 4.31. The van der Waals surface area contributed by atoms with E-state index in [2.05, 4.69) is 4.98 Å². The Balaban J connectivity index is 2.38. The number of aryl methyl sites for hydroxylation is 1. The third-order valence-electron chi connectivity index (χ3n) is 3.19. The van der Waals surface area contributed by atoms with E-state index in [0.717, 1.165) is 16.1 Å². The van der Waals surface area contributed by atoms with Gasteiger partial charge in [0.2, 0.25) is 0 Å². The SMILES string of the molecule is CCC(Cl)C(=O)C(C#N)c1nc(-c2ccccc2)c(C)s1. The Kier molecular flexibility index (Phi) is 5.11. The smallest absolute Gasteiger partial charge is 0.174 e. The lowest BCUT2D eigenvalue weighted by Crippen LogP contribution is -2.21. The first-order valence-electron chi connectivity index (χ1n) is 6.68. The molecule has 2 unspecified atom stereocenters. The molecule has 1 heterocycles. The summed E-state index contributed by atoms with van der Waals surface area (Å²) >= 11 is 7.36. The largest absolute Gasteiger partial charge is 0.296 e. The number of hydrogen-bond acceptors (Lipinski definition) is 4. The van der Waals surface area contributed by atoms with Gasteiger partial charge >= 0.3 is 0 Å². The van der Waals surface area contributed by atoms with Crippen LogP contribution in [0.1, 0.15) is 29.1 Å². The molecule has 0 saturated heterocycles. The second-order valence-corrected chi connectivity index (χ2v) is 6.42. The van der Waals surface area contributed by atoms with Gasteiger partial charge in [-0.05, 0) is 13.3 Å². The van der Waals surface area contributed by atoms with Crippen molar-refractivity contribution in [1.29, 1.82) is 5.26 Å². The quantitative estimate of drug-likeness (QED) is 0.772. The highest BCUT2D eigenvalue weighted by molar-refractivity contribution is 7.12. The summed E-state index contributed by atoms with van der Waals surface area (Å²) in [7, 11) is 0. The van der Waals surface area contributed by atoms with Crippen LogP contribution in [0.3, 0.4) is 0 Å². The Labute approximate surface area is 133 Å². The molecule has 0 bridgehead atoms. The van der Waals surface area contributed by atoms with Gasteiger partial charge in [0, 0.05) is 10.4 Å². The summed E-state index contributed by atoms with van der Waals surface area (Å²) in [5.74, 6) is -1.15. The van der Waals surface area contributed by atoms with Gasteiger partial charge in [0.25, 0.3) is 0 Å². The molecule has 21 heavy (non-hydrogen) atoms.